The molecule has 0 fully saturated rings. The van der Waals surface area contributed by atoms with Crippen molar-refractivity contribution < 1.29 is 8.78 Å². The van der Waals surface area contributed by atoms with Crippen molar-refractivity contribution in [3.63, 3.8) is 0 Å². The van der Waals surface area contributed by atoms with Gasteiger partial charge in [-0.2, -0.15) is 11.3 Å². The lowest BCUT2D eigenvalue weighted by atomic mass is 10.0. The van der Waals surface area contributed by atoms with E-state index in [-0.39, 0.29) is 5.56 Å². The topological polar surface area (TPSA) is 26.0 Å². The van der Waals surface area contributed by atoms with Gasteiger partial charge in [-0.3, -0.25) is 0 Å². The number of thiophene rings is 1. The van der Waals surface area contributed by atoms with Crippen molar-refractivity contribution in [2.45, 2.75) is 6.04 Å². The number of halogens is 2. The Morgan fingerprint density at radius 2 is 2.00 bits per heavy atom. The van der Waals surface area contributed by atoms with Crippen LogP contribution in [0.2, 0.25) is 0 Å². The van der Waals surface area contributed by atoms with Gasteiger partial charge in [0.1, 0.15) is 0 Å². The van der Waals surface area contributed by atoms with E-state index in [1.54, 1.807) is 6.07 Å². The van der Waals surface area contributed by atoms with Crippen molar-refractivity contribution in [3.8, 4) is 0 Å². The minimum atomic E-state index is -0.865. The molecule has 1 aromatic heterocycles. The molecule has 0 aliphatic rings. The highest BCUT2D eigenvalue weighted by molar-refractivity contribution is 7.08. The van der Waals surface area contributed by atoms with Crippen LogP contribution in [0.1, 0.15) is 17.2 Å². The Morgan fingerprint density at radius 1 is 1.20 bits per heavy atom. The van der Waals surface area contributed by atoms with Gasteiger partial charge >= 0.3 is 0 Å². The summed E-state index contributed by atoms with van der Waals surface area (Å²) in [6.07, 6.45) is 0. The second-order valence-electron chi connectivity index (χ2n) is 3.18. The normalized spacial score (nSPS) is 12.7. The first kappa shape index (κ1) is 10.3. The maximum Gasteiger partial charge on any atom is 0.163 e. The SMILES string of the molecule is N[C@@H](c1ccsc1)c1cccc(F)c1F. The summed E-state index contributed by atoms with van der Waals surface area (Å²) in [4.78, 5) is 0. The molecule has 1 atom stereocenters. The van der Waals surface area contributed by atoms with E-state index >= 15 is 0 Å². The van der Waals surface area contributed by atoms with Gasteiger partial charge in [0.2, 0.25) is 0 Å². The largest absolute Gasteiger partial charge is 0.320 e. The summed E-state index contributed by atoms with van der Waals surface area (Å²) in [5.74, 6) is -1.73. The first-order valence-electron chi connectivity index (χ1n) is 4.41. The summed E-state index contributed by atoms with van der Waals surface area (Å²) >= 11 is 1.48. The molecule has 0 spiro atoms. The molecule has 2 aromatic rings. The molecule has 1 heterocycles. The average Bonchev–Trinajstić information content (AvgIpc) is 2.74. The van der Waals surface area contributed by atoms with Crippen LogP contribution < -0.4 is 5.73 Å². The van der Waals surface area contributed by atoms with Crippen LogP contribution in [0.25, 0.3) is 0 Å². The standard InChI is InChI=1S/C11H9F2NS/c12-9-3-1-2-8(10(9)13)11(14)7-4-5-15-6-7/h1-6,11H,14H2/t11-/m0/s1. The zero-order valence-electron chi connectivity index (χ0n) is 7.78. The van der Waals surface area contributed by atoms with Crippen molar-refractivity contribution in [2.75, 3.05) is 0 Å². The van der Waals surface area contributed by atoms with Crippen molar-refractivity contribution >= 4 is 11.3 Å². The minimum absolute atomic E-state index is 0.188. The van der Waals surface area contributed by atoms with Crippen LogP contribution in [0.3, 0.4) is 0 Å². The van der Waals surface area contributed by atoms with Crippen molar-refractivity contribution in [1.82, 2.24) is 0 Å². The lowest BCUT2D eigenvalue weighted by molar-refractivity contribution is 0.494. The molecule has 0 amide bonds. The van der Waals surface area contributed by atoms with Gasteiger partial charge in [0.05, 0.1) is 6.04 Å². The number of rotatable bonds is 2. The van der Waals surface area contributed by atoms with Crippen LogP contribution in [0.4, 0.5) is 8.78 Å². The number of hydrogen-bond acceptors (Lipinski definition) is 2. The third-order valence-corrected chi connectivity index (χ3v) is 2.92. The molecule has 1 aromatic carbocycles. The number of benzene rings is 1. The van der Waals surface area contributed by atoms with Crippen LogP contribution in [-0.2, 0) is 0 Å². The first-order valence-corrected chi connectivity index (χ1v) is 5.36. The number of nitrogens with two attached hydrogens (primary N) is 1. The van der Waals surface area contributed by atoms with Crippen LogP contribution in [0.5, 0.6) is 0 Å². The lowest BCUT2D eigenvalue weighted by Gasteiger charge is -2.11. The molecule has 0 bridgehead atoms. The Hall–Kier alpha value is -1.26. The molecule has 78 valence electrons. The molecule has 15 heavy (non-hydrogen) atoms. The van der Waals surface area contributed by atoms with E-state index in [1.807, 2.05) is 10.8 Å². The third-order valence-electron chi connectivity index (χ3n) is 2.22. The molecule has 0 unspecified atom stereocenters. The maximum absolute atomic E-state index is 13.4. The van der Waals surface area contributed by atoms with E-state index in [0.29, 0.717) is 0 Å². The van der Waals surface area contributed by atoms with Crippen molar-refractivity contribution in [3.05, 3.63) is 57.8 Å². The molecule has 0 saturated heterocycles. The summed E-state index contributed by atoms with van der Waals surface area (Å²) in [6, 6.07) is 5.24. The molecule has 0 aliphatic heterocycles. The van der Waals surface area contributed by atoms with E-state index in [0.717, 1.165) is 11.6 Å². The highest BCUT2D eigenvalue weighted by atomic mass is 32.1. The predicted molar refractivity (Wildman–Crippen MR) is 56.7 cm³/mol. The van der Waals surface area contributed by atoms with Crippen molar-refractivity contribution in [2.24, 2.45) is 5.73 Å². The molecule has 1 nitrogen and oxygen atoms in total. The fourth-order valence-electron chi connectivity index (χ4n) is 1.39. The molecule has 0 saturated carbocycles. The Labute approximate surface area is 90.2 Å². The first-order chi connectivity index (χ1) is 7.20. The van der Waals surface area contributed by atoms with E-state index in [2.05, 4.69) is 0 Å². The molecular formula is C11H9F2NS. The van der Waals surface area contributed by atoms with Crippen LogP contribution >= 0.6 is 11.3 Å². The Bertz CT molecular complexity index is 454. The van der Waals surface area contributed by atoms with E-state index in [4.69, 9.17) is 5.73 Å². The summed E-state index contributed by atoms with van der Waals surface area (Å²) in [6.45, 7) is 0. The Morgan fingerprint density at radius 3 is 2.67 bits per heavy atom. The van der Waals surface area contributed by atoms with Gasteiger partial charge in [-0.15, -0.1) is 0 Å². The smallest absolute Gasteiger partial charge is 0.163 e. The van der Waals surface area contributed by atoms with Gasteiger partial charge in [0.25, 0.3) is 0 Å². The molecule has 0 aliphatic carbocycles. The molecule has 2 rings (SSSR count). The second-order valence-corrected chi connectivity index (χ2v) is 3.96. The molecule has 2 N–H and O–H groups in total. The average molecular weight is 225 g/mol. The van der Waals surface area contributed by atoms with Gasteiger partial charge in [0.15, 0.2) is 11.6 Å². The Kier molecular flexibility index (Phi) is 2.79. The van der Waals surface area contributed by atoms with Gasteiger partial charge in [-0.05, 0) is 28.5 Å². The summed E-state index contributed by atoms with van der Waals surface area (Å²) < 4.78 is 26.3. The zero-order valence-corrected chi connectivity index (χ0v) is 8.60. The van der Waals surface area contributed by atoms with E-state index < -0.39 is 17.7 Å². The summed E-state index contributed by atoms with van der Waals surface area (Å²) in [5, 5.41) is 3.68. The Balaban J connectivity index is 2.42. The fraction of sp³-hybridized carbons (Fsp3) is 0.0909. The quantitative estimate of drug-likeness (QED) is 0.835. The van der Waals surface area contributed by atoms with E-state index in [9.17, 15) is 8.78 Å². The highest BCUT2D eigenvalue weighted by Gasteiger charge is 2.16. The molecule has 4 heteroatoms. The fourth-order valence-corrected chi connectivity index (χ4v) is 2.09. The van der Waals surface area contributed by atoms with Crippen LogP contribution in [0, 0.1) is 11.6 Å². The van der Waals surface area contributed by atoms with E-state index in [1.165, 1.54) is 23.5 Å². The monoisotopic (exact) mass is 225 g/mol. The third kappa shape index (κ3) is 1.91. The summed E-state index contributed by atoms with van der Waals surface area (Å²) in [7, 11) is 0. The van der Waals surface area contributed by atoms with Crippen LogP contribution in [0.15, 0.2) is 35.0 Å². The van der Waals surface area contributed by atoms with Gasteiger partial charge in [-0.1, -0.05) is 12.1 Å². The summed E-state index contributed by atoms with van der Waals surface area (Å²) in [5.41, 5.74) is 6.81. The van der Waals surface area contributed by atoms with Gasteiger partial charge < -0.3 is 5.73 Å². The van der Waals surface area contributed by atoms with Crippen molar-refractivity contribution in [1.29, 1.82) is 0 Å². The maximum atomic E-state index is 13.4. The highest BCUT2D eigenvalue weighted by Crippen LogP contribution is 2.24. The number of hydrogen-bond donors (Lipinski definition) is 1. The minimum Gasteiger partial charge on any atom is -0.320 e. The van der Waals surface area contributed by atoms with Gasteiger partial charge in [0, 0.05) is 5.56 Å². The molecular weight excluding hydrogens is 216 g/mol. The molecule has 0 radical (unpaired) electrons. The second kappa shape index (κ2) is 4.08. The van der Waals surface area contributed by atoms with Crippen LogP contribution in [-0.4, -0.2) is 0 Å². The lowest BCUT2D eigenvalue weighted by Crippen LogP contribution is -2.13. The van der Waals surface area contributed by atoms with Gasteiger partial charge in [-0.25, -0.2) is 8.78 Å². The predicted octanol–water partition coefficient (Wildman–Crippen LogP) is 3.07. The zero-order chi connectivity index (χ0) is 10.8.